The van der Waals surface area contributed by atoms with Gasteiger partial charge in [-0.15, -0.1) is 0 Å². The number of hydrogen-bond donors (Lipinski definition) is 1. The molecule has 1 amide bonds. The number of aromatic nitrogens is 1. The molecule has 0 spiro atoms. The van der Waals surface area contributed by atoms with Crippen LogP contribution in [0.5, 0.6) is 0 Å². The Labute approximate surface area is 107 Å². The van der Waals surface area contributed by atoms with Crippen molar-refractivity contribution in [3.05, 3.63) is 17.5 Å². The van der Waals surface area contributed by atoms with Gasteiger partial charge in [0.25, 0.3) is 5.91 Å². The summed E-state index contributed by atoms with van der Waals surface area (Å²) in [6.07, 6.45) is 0.988. The highest BCUT2D eigenvalue weighted by atomic mass is 16.5. The molecule has 0 aliphatic carbocycles. The number of likely N-dealkylation sites (tertiary alicyclic amines) is 1. The van der Waals surface area contributed by atoms with E-state index in [1.165, 1.54) is 0 Å². The first kappa shape index (κ1) is 13.1. The number of piperidine rings is 1. The SMILES string of the molecule is CC(C)(C)c1cc(C(=O)N2CCC(O)CC2)no1. The van der Waals surface area contributed by atoms with Crippen molar-refractivity contribution >= 4 is 5.91 Å². The smallest absolute Gasteiger partial charge is 0.276 e. The molecule has 0 aromatic carbocycles. The number of aliphatic hydroxyl groups excluding tert-OH is 1. The molecule has 0 bridgehead atoms. The highest BCUT2D eigenvalue weighted by Crippen LogP contribution is 2.23. The molecule has 100 valence electrons. The third kappa shape index (κ3) is 2.72. The molecule has 0 atom stereocenters. The van der Waals surface area contributed by atoms with Crippen LogP contribution in [0, 0.1) is 0 Å². The largest absolute Gasteiger partial charge is 0.393 e. The summed E-state index contributed by atoms with van der Waals surface area (Å²) in [4.78, 5) is 13.9. The quantitative estimate of drug-likeness (QED) is 0.824. The molecule has 5 nitrogen and oxygen atoms in total. The second-order valence-electron chi connectivity index (χ2n) is 5.85. The molecule has 0 saturated carbocycles. The van der Waals surface area contributed by atoms with E-state index in [0.717, 1.165) is 0 Å². The van der Waals surface area contributed by atoms with Crippen LogP contribution in [-0.4, -0.2) is 40.3 Å². The molecule has 0 unspecified atom stereocenters. The molecule has 1 saturated heterocycles. The van der Waals surface area contributed by atoms with Crippen LogP contribution in [0.2, 0.25) is 0 Å². The van der Waals surface area contributed by atoms with E-state index in [-0.39, 0.29) is 17.4 Å². The maximum Gasteiger partial charge on any atom is 0.276 e. The summed E-state index contributed by atoms with van der Waals surface area (Å²) in [5.41, 5.74) is 0.209. The maximum absolute atomic E-state index is 12.2. The molecule has 1 aliphatic rings. The van der Waals surface area contributed by atoms with E-state index < -0.39 is 0 Å². The first-order valence-electron chi connectivity index (χ1n) is 6.32. The Hall–Kier alpha value is -1.36. The zero-order chi connectivity index (χ0) is 13.3. The van der Waals surface area contributed by atoms with Crippen molar-refractivity contribution in [3.63, 3.8) is 0 Å². The van der Waals surface area contributed by atoms with Gasteiger partial charge in [-0.25, -0.2) is 0 Å². The van der Waals surface area contributed by atoms with Crippen LogP contribution in [-0.2, 0) is 5.41 Å². The van der Waals surface area contributed by atoms with E-state index in [1.54, 1.807) is 11.0 Å². The molecule has 1 aromatic rings. The number of hydrogen-bond acceptors (Lipinski definition) is 4. The van der Waals surface area contributed by atoms with Crippen molar-refractivity contribution in [2.75, 3.05) is 13.1 Å². The van der Waals surface area contributed by atoms with Gasteiger partial charge in [0, 0.05) is 24.6 Å². The highest BCUT2D eigenvalue weighted by Gasteiger charge is 2.27. The predicted molar refractivity (Wildman–Crippen MR) is 66.3 cm³/mol. The Kier molecular flexibility index (Phi) is 3.43. The van der Waals surface area contributed by atoms with Crippen LogP contribution in [0.3, 0.4) is 0 Å². The Bertz CT molecular complexity index is 426. The first-order chi connectivity index (χ1) is 8.38. The zero-order valence-corrected chi connectivity index (χ0v) is 11.1. The number of carbonyl (C=O) groups is 1. The van der Waals surface area contributed by atoms with Crippen molar-refractivity contribution in [3.8, 4) is 0 Å². The minimum Gasteiger partial charge on any atom is -0.393 e. The van der Waals surface area contributed by atoms with E-state index in [0.29, 0.717) is 37.4 Å². The van der Waals surface area contributed by atoms with Gasteiger partial charge in [0.1, 0.15) is 5.76 Å². The van der Waals surface area contributed by atoms with Gasteiger partial charge in [0.05, 0.1) is 6.10 Å². The minimum atomic E-state index is -0.281. The topological polar surface area (TPSA) is 66.6 Å². The van der Waals surface area contributed by atoms with Gasteiger partial charge in [0.2, 0.25) is 0 Å². The van der Waals surface area contributed by atoms with E-state index in [4.69, 9.17) is 4.52 Å². The second kappa shape index (κ2) is 4.72. The molecule has 2 heterocycles. The van der Waals surface area contributed by atoms with Crippen LogP contribution in [0.4, 0.5) is 0 Å². The lowest BCUT2D eigenvalue weighted by Gasteiger charge is -2.28. The number of nitrogens with zero attached hydrogens (tertiary/aromatic N) is 2. The van der Waals surface area contributed by atoms with Crippen molar-refractivity contribution < 1.29 is 14.4 Å². The highest BCUT2D eigenvalue weighted by molar-refractivity contribution is 5.92. The third-order valence-corrected chi connectivity index (χ3v) is 3.22. The van der Waals surface area contributed by atoms with E-state index >= 15 is 0 Å². The fraction of sp³-hybridized carbons (Fsp3) is 0.692. The van der Waals surface area contributed by atoms with Crippen LogP contribution >= 0.6 is 0 Å². The van der Waals surface area contributed by atoms with Crippen LogP contribution in [0.25, 0.3) is 0 Å². The predicted octanol–water partition coefficient (Wildman–Crippen LogP) is 1.57. The lowest BCUT2D eigenvalue weighted by Crippen LogP contribution is -2.40. The molecule has 5 heteroatoms. The van der Waals surface area contributed by atoms with Crippen molar-refractivity contribution in [2.24, 2.45) is 0 Å². The summed E-state index contributed by atoms with van der Waals surface area (Å²) >= 11 is 0. The molecule has 1 N–H and O–H groups in total. The van der Waals surface area contributed by atoms with Gasteiger partial charge in [0.15, 0.2) is 5.69 Å². The summed E-state index contributed by atoms with van der Waals surface area (Å²) in [5.74, 6) is 0.601. The van der Waals surface area contributed by atoms with Gasteiger partial charge >= 0.3 is 0 Å². The average molecular weight is 252 g/mol. The summed E-state index contributed by atoms with van der Waals surface area (Å²) in [6.45, 7) is 7.20. The molecule has 18 heavy (non-hydrogen) atoms. The van der Waals surface area contributed by atoms with Crippen molar-refractivity contribution in [1.82, 2.24) is 10.1 Å². The lowest BCUT2D eigenvalue weighted by atomic mass is 9.93. The summed E-state index contributed by atoms with van der Waals surface area (Å²) < 4.78 is 5.22. The van der Waals surface area contributed by atoms with Crippen molar-refractivity contribution in [2.45, 2.75) is 45.1 Å². The molecule has 2 rings (SSSR count). The van der Waals surface area contributed by atoms with Gasteiger partial charge in [-0.2, -0.15) is 0 Å². The maximum atomic E-state index is 12.2. The number of amides is 1. The first-order valence-corrected chi connectivity index (χ1v) is 6.32. The Morgan fingerprint density at radius 2 is 2.06 bits per heavy atom. The van der Waals surface area contributed by atoms with E-state index in [1.807, 2.05) is 20.8 Å². The second-order valence-corrected chi connectivity index (χ2v) is 5.85. The summed E-state index contributed by atoms with van der Waals surface area (Å²) in [7, 11) is 0. The number of aliphatic hydroxyl groups is 1. The van der Waals surface area contributed by atoms with E-state index in [9.17, 15) is 9.90 Å². The van der Waals surface area contributed by atoms with Gasteiger partial charge in [-0.05, 0) is 12.8 Å². The van der Waals surface area contributed by atoms with Crippen molar-refractivity contribution in [1.29, 1.82) is 0 Å². The van der Waals surface area contributed by atoms with Crippen LogP contribution < -0.4 is 0 Å². The van der Waals surface area contributed by atoms with E-state index in [2.05, 4.69) is 5.16 Å². The fourth-order valence-electron chi connectivity index (χ4n) is 1.96. The summed E-state index contributed by atoms with van der Waals surface area (Å²) in [5, 5.41) is 13.3. The molecular formula is C13H20N2O3. The minimum absolute atomic E-state index is 0.110. The number of rotatable bonds is 1. The van der Waals surface area contributed by atoms with Crippen LogP contribution in [0.15, 0.2) is 10.6 Å². The normalized spacial score (nSPS) is 18.1. The number of carbonyl (C=O) groups excluding carboxylic acids is 1. The lowest BCUT2D eigenvalue weighted by molar-refractivity contribution is 0.0538. The zero-order valence-electron chi connectivity index (χ0n) is 11.1. The molecular weight excluding hydrogens is 232 g/mol. The monoisotopic (exact) mass is 252 g/mol. The molecule has 1 fully saturated rings. The summed E-state index contributed by atoms with van der Waals surface area (Å²) in [6, 6.07) is 1.72. The van der Waals surface area contributed by atoms with Crippen LogP contribution in [0.1, 0.15) is 49.9 Å². The standard InChI is InChI=1S/C13H20N2O3/c1-13(2,3)11-8-10(14-18-11)12(17)15-6-4-9(16)5-7-15/h8-9,16H,4-7H2,1-3H3. The Balaban J connectivity index is 2.07. The van der Waals surface area contributed by atoms with Gasteiger partial charge in [-0.1, -0.05) is 25.9 Å². The fourth-order valence-corrected chi connectivity index (χ4v) is 1.96. The van der Waals surface area contributed by atoms with Gasteiger partial charge < -0.3 is 14.5 Å². The van der Waals surface area contributed by atoms with Gasteiger partial charge in [-0.3, -0.25) is 4.79 Å². The Morgan fingerprint density at radius 3 is 2.56 bits per heavy atom. The molecule has 1 aliphatic heterocycles. The Morgan fingerprint density at radius 1 is 1.44 bits per heavy atom. The molecule has 1 aromatic heterocycles. The average Bonchev–Trinajstić information content (AvgIpc) is 2.78. The third-order valence-electron chi connectivity index (χ3n) is 3.22. The molecule has 0 radical (unpaired) electrons.